The lowest BCUT2D eigenvalue weighted by Crippen LogP contribution is -2.32. The summed E-state index contributed by atoms with van der Waals surface area (Å²) in [6, 6.07) is 18.3. The first-order chi connectivity index (χ1) is 30.4. The van der Waals surface area contributed by atoms with E-state index in [4.69, 9.17) is 85.9 Å². The van der Waals surface area contributed by atoms with Gasteiger partial charge in [0, 0.05) is 32.9 Å². The number of hydrogen-bond acceptors (Lipinski definition) is 11. The first kappa shape index (κ1) is 49.4. The number of ether oxygens (including phenoxy) is 1. The largest absolute Gasteiger partial charge is 0.490 e. The molecular weight excluding hydrogens is 977 g/mol. The molecule has 4 N–H and O–H groups in total. The maximum Gasteiger partial charge on any atom is 0.258 e. The van der Waals surface area contributed by atoms with Crippen LogP contribution < -0.4 is 26.0 Å². The van der Waals surface area contributed by atoms with Gasteiger partial charge in [-0.1, -0.05) is 81.7 Å². The van der Waals surface area contributed by atoms with Gasteiger partial charge in [0.25, 0.3) is 23.6 Å². The summed E-state index contributed by atoms with van der Waals surface area (Å²) < 4.78 is 5.72. The molecule has 2 atom stereocenters. The van der Waals surface area contributed by atoms with Gasteiger partial charge in [-0.05, 0) is 86.6 Å². The number of amides is 4. The Balaban J connectivity index is 1.29. The summed E-state index contributed by atoms with van der Waals surface area (Å²) in [6.07, 6.45) is 0. The Bertz CT molecular complexity index is 2720. The molecule has 5 aromatic carbocycles. The predicted octanol–water partition coefficient (Wildman–Crippen LogP) is 12.1. The first-order valence-corrected chi connectivity index (χ1v) is 21.1. The fraction of sp³-hybridized carbons (Fsp3) is 0.143. The molecule has 4 amide bonds. The fourth-order valence-corrected chi connectivity index (χ4v) is 6.62. The molecule has 0 heterocycles. The number of halogens is 7. The summed E-state index contributed by atoms with van der Waals surface area (Å²) >= 11 is 42.9. The minimum absolute atomic E-state index is 0.0149. The molecule has 330 valence electrons. The van der Waals surface area contributed by atoms with Gasteiger partial charge in [-0.25, -0.2) is 0 Å². The Labute approximate surface area is 399 Å². The molecule has 0 spiro atoms. The lowest BCUT2D eigenvalue weighted by atomic mass is 10.1. The van der Waals surface area contributed by atoms with Crippen LogP contribution in [-0.4, -0.2) is 59.8 Å². The van der Waals surface area contributed by atoms with E-state index in [1.165, 1.54) is 54.6 Å². The van der Waals surface area contributed by atoms with Gasteiger partial charge in [0.15, 0.2) is 11.6 Å². The molecule has 0 saturated heterocycles. The van der Waals surface area contributed by atoms with Crippen molar-refractivity contribution in [1.82, 2.24) is 0 Å². The number of nitrogens with one attached hydrogen (secondary N) is 4. The van der Waals surface area contributed by atoms with Crippen molar-refractivity contribution in [2.24, 2.45) is 20.5 Å². The zero-order chi connectivity index (χ0) is 46.7. The Hall–Kier alpha value is -5.65. The molecule has 2 unspecified atom stereocenters. The predicted molar refractivity (Wildman–Crippen MR) is 250 cm³/mol. The van der Waals surface area contributed by atoms with Crippen LogP contribution in [0.4, 0.5) is 34.1 Å². The number of rotatable bonds is 17. The molecule has 15 nitrogen and oxygen atoms in total. The van der Waals surface area contributed by atoms with Gasteiger partial charge in [-0.15, -0.1) is 11.6 Å². The highest BCUT2D eigenvalue weighted by atomic mass is 35.5. The summed E-state index contributed by atoms with van der Waals surface area (Å²) in [5.41, 5.74) is 0.882. The summed E-state index contributed by atoms with van der Waals surface area (Å²) in [5, 5.41) is 27.2. The van der Waals surface area contributed by atoms with E-state index in [2.05, 4.69) is 41.7 Å². The molecule has 64 heavy (non-hydrogen) atoms. The summed E-state index contributed by atoms with van der Waals surface area (Å²) in [4.78, 5) is 78.1. The average Bonchev–Trinajstić information content (AvgIpc) is 3.23. The molecule has 0 aliphatic rings. The quantitative estimate of drug-likeness (QED) is 0.0402. The zero-order valence-electron chi connectivity index (χ0n) is 33.0. The number of benzene rings is 5. The smallest absolute Gasteiger partial charge is 0.258 e. The normalized spacial score (nSPS) is 12.1. The highest BCUT2D eigenvalue weighted by Crippen LogP contribution is 2.33. The number of ketones is 2. The highest BCUT2D eigenvalue weighted by Gasteiger charge is 2.27. The SMILES string of the molecule is CC(=O)C(N=Nc1cc(Cl)cc(C(=O)Nc2cccc(Cl)c2Cl)c1)C(=O)Nc1ccc(NC(=O)C(N=Nc2cc(Cl)cc(C(=O)Nc3cccc(Cl)c3Cl)c2)C(C)=O)c(OCCCl)c1. The minimum Gasteiger partial charge on any atom is -0.490 e. The van der Waals surface area contributed by atoms with Gasteiger partial charge in [0.2, 0.25) is 12.1 Å². The summed E-state index contributed by atoms with van der Waals surface area (Å²) in [7, 11) is 0. The second-order valence-electron chi connectivity index (χ2n) is 13.2. The minimum atomic E-state index is -1.67. The van der Waals surface area contributed by atoms with Crippen molar-refractivity contribution in [3.05, 3.63) is 132 Å². The Morgan fingerprint density at radius 3 is 1.48 bits per heavy atom. The molecule has 0 aromatic heterocycles. The molecule has 0 saturated carbocycles. The van der Waals surface area contributed by atoms with Crippen LogP contribution in [-0.2, 0) is 19.2 Å². The van der Waals surface area contributed by atoms with Gasteiger partial charge in [0.05, 0.1) is 54.4 Å². The van der Waals surface area contributed by atoms with E-state index >= 15 is 0 Å². The van der Waals surface area contributed by atoms with Crippen LogP contribution in [0.5, 0.6) is 5.75 Å². The summed E-state index contributed by atoms with van der Waals surface area (Å²) in [5.74, 6) is -4.32. The third-order valence-electron chi connectivity index (χ3n) is 8.37. The molecule has 22 heteroatoms. The fourth-order valence-electron chi connectivity index (χ4n) is 5.38. The van der Waals surface area contributed by atoms with Crippen LogP contribution in [0.3, 0.4) is 0 Å². The molecule has 0 radical (unpaired) electrons. The van der Waals surface area contributed by atoms with E-state index < -0.39 is 47.3 Å². The number of carbonyl (C=O) groups is 6. The van der Waals surface area contributed by atoms with Crippen LogP contribution in [0.1, 0.15) is 34.6 Å². The lowest BCUT2D eigenvalue weighted by Gasteiger charge is -2.16. The van der Waals surface area contributed by atoms with E-state index in [9.17, 15) is 28.8 Å². The van der Waals surface area contributed by atoms with Crippen molar-refractivity contribution in [3.8, 4) is 5.75 Å². The third kappa shape index (κ3) is 13.4. The number of anilines is 4. The Kier molecular flexibility index (Phi) is 17.6. The number of nitrogens with zero attached hydrogens (tertiary/aromatic N) is 4. The number of Topliss-reactive ketones (excluding diaryl/α,β-unsaturated/α-hetero) is 2. The van der Waals surface area contributed by atoms with Crippen LogP contribution in [0.2, 0.25) is 30.1 Å². The van der Waals surface area contributed by atoms with Gasteiger partial charge in [-0.2, -0.15) is 20.5 Å². The van der Waals surface area contributed by atoms with Gasteiger partial charge >= 0.3 is 0 Å². The second-order valence-corrected chi connectivity index (χ2v) is 16.0. The topological polar surface area (TPSA) is 209 Å². The van der Waals surface area contributed by atoms with Crippen LogP contribution in [0, 0.1) is 0 Å². The zero-order valence-corrected chi connectivity index (χ0v) is 38.3. The van der Waals surface area contributed by atoms with Crippen LogP contribution >= 0.6 is 81.2 Å². The molecule has 5 rings (SSSR count). The molecular formula is C42H31Cl7N8O7. The maximum atomic E-state index is 13.5. The van der Waals surface area contributed by atoms with E-state index in [0.717, 1.165) is 13.8 Å². The standard InChI is InChI=1S/C42H31Cl7N8O7/c1-20(58)37(56-54-27-15-22(13-24(44)17-27)39(60)52-32-7-3-5-29(46)35(32)48)41(62)50-26-9-10-31(34(19-26)64-12-11-43)51-42(63)38(21(2)59)57-55-28-16-23(14-25(45)18-28)40(61)53-33-8-4-6-30(47)36(33)49/h3-10,13-19,37-38H,11-12H2,1-2H3,(H,50,62)(H,51,63)(H,52,60)(H,53,61). The third-order valence-corrected chi connectivity index (χ3v) is 10.6. The van der Waals surface area contributed by atoms with Crippen LogP contribution in [0.15, 0.2) is 111 Å². The summed E-state index contributed by atoms with van der Waals surface area (Å²) in [6.45, 7) is 2.22. The number of hydrogen-bond donors (Lipinski definition) is 4. The molecule has 0 aliphatic carbocycles. The van der Waals surface area contributed by atoms with Crippen molar-refractivity contribution in [2.45, 2.75) is 25.9 Å². The first-order valence-electron chi connectivity index (χ1n) is 18.3. The monoisotopic (exact) mass is 1000 g/mol. The van der Waals surface area contributed by atoms with Crippen molar-refractivity contribution >= 4 is 151 Å². The van der Waals surface area contributed by atoms with Gasteiger partial charge in [0.1, 0.15) is 12.4 Å². The lowest BCUT2D eigenvalue weighted by molar-refractivity contribution is -0.127. The van der Waals surface area contributed by atoms with Crippen molar-refractivity contribution < 1.29 is 33.5 Å². The van der Waals surface area contributed by atoms with E-state index in [0.29, 0.717) is 0 Å². The number of carbonyl (C=O) groups excluding carboxylic acids is 6. The average molecular weight is 1010 g/mol. The maximum absolute atomic E-state index is 13.5. The Morgan fingerprint density at radius 1 is 0.562 bits per heavy atom. The highest BCUT2D eigenvalue weighted by molar-refractivity contribution is 6.44. The van der Waals surface area contributed by atoms with Crippen LogP contribution in [0.25, 0.3) is 0 Å². The molecule has 0 bridgehead atoms. The molecule has 0 aliphatic heterocycles. The van der Waals surface area contributed by atoms with E-state index in [1.54, 1.807) is 36.4 Å². The second kappa shape index (κ2) is 22.8. The van der Waals surface area contributed by atoms with Gasteiger partial charge in [-0.3, -0.25) is 28.8 Å². The number of alkyl halides is 1. The Morgan fingerprint density at radius 2 is 1.03 bits per heavy atom. The molecule has 0 fully saturated rings. The molecule has 5 aromatic rings. The van der Waals surface area contributed by atoms with E-state index in [-0.39, 0.29) is 93.6 Å². The van der Waals surface area contributed by atoms with Crippen molar-refractivity contribution in [3.63, 3.8) is 0 Å². The number of azo groups is 2. The van der Waals surface area contributed by atoms with Crippen molar-refractivity contribution in [2.75, 3.05) is 33.8 Å². The van der Waals surface area contributed by atoms with Gasteiger partial charge < -0.3 is 26.0 Å². The van der Waals surface area contributed by atoms with Crippen molar-refractivity contribution in [1.29, 1.82) is 0 Å². The van der Waals surface area contributed by atoms with E-state index in [1.807, 2.05) is 0 Å².